The van der Waals surface area contributed by atoms with Crippen LogP contribution >= 0.6 is 23.1 Å². The summed E-state index contributed by atoms with van der Waals surface area (Å²) >= 11 is 2.71. The van der Waals surface area contributed by atoms with E-state index in [2.05, 4.69) is 28.5 Å². The number of aromatic nitrogens is 1. The van der Waals surface area contributed by atoms with Gasteiger partial charge in [0.05, 0.1) is 22.4 Å². The molecular formula is C24H20N2O4S2. The third-order valence-electron chi connectivity index (χ3n) is 5.25. The van der Waals surface area contributed by atoms with Crippen molar-refractivity contribution in [3.8, 4) is 16.5 Å². The van der Waals surface area contributed by atoms with Crippen LogP contribution in [0.15, 0.2) is 59.0 Å². The van der Waals surface area contributed by atoms with Gasteiger partial charge in [-0.15, -0.1) is 11.3 Å². The zero-order valence-corrected chi connectivity index (χ0v) is 18.9. The van der Waals surface area contributed by atoms with E-state index in [0.717, 1.165) is 39.4 Å². The number of amides is 2. The van der Waals surface area contributed by atoms with Gasteiger partial charge < -0.3 is 9.15 Å². The second kappa shape index (κ2) is 8.80. The SMILES string of the molecule is Cc1oc(-c2cc3ccccc3s2)nc1CCOc1ccc(CC2SC(=O)NC2=O)cc1. The van der Waals surface area contributed by atoms with Crippen LogP contribution in [0.1, 0.15) is 17.0 Å². The molecule has 2 amide bonds. The number of thioether (sulfide) groups is 1. The average molecular weight is 465 g/mol. The van der Waals surface area contributed by atoms with Gasteiger partial charge in [-0.25, -0.2) is 4.98 Å². The first-order chi connectivity index (χ1) is 15.5. The van der Waals surface area contributed by atoms with Crippen LogP contribution < -0.4 is 10.1 Å². The number of thiophene rings is 1. The molecule has 4 aromatic rings. The summed E-state index contributed by atoms with van der Waals surface area (Å²) in [6.07, 6.45) is 1.16. The van der Waals surface area contributed by atoms with Gasteiger partial charge in [-0.1, -0.05) is 42.1 Å². The van der Waals surface area contributed by atoms with Crippen molar-refractivity contribution in [2.24, 2.45) is 0 Å². The molecule has 0 saturated carbocycles. The average Bonchev–Trinajstić information content (AvgIpc) is 3.46. The minimum atomic E-state index is -0.362. The summed E-state index contributed by atoms with van der Waals surface area (Å²) in [7, 11) is 0. The largest absolute Gasteiger partial charge is 0.493 e. The van der Waals surface area contributed by atoms with E-state index < -0.39 is 0 Å². The first kappa shape index (κ1) is 20.8. The van der Waals surface area contributed by atoms with Gasteiger partial charge in [0.1, 0.15) is 11.5 Å². The highest BCUT2D eigenvalue weighted by Crippen LogP contribution is 2.33. The highest BCUT2D eigenvalue weighted by atomic mass is 32.2. The van der Waals surface area contributed by atoms with E-state index >= 15 is 0 Å². The van der Waals surface area contributed by atoms with Crippen molar-refractivity contribution < 1.29 is 18.7 Å². The molecule has 1 unspecified atom stereocenters. The number of benzene rings is 2. The maximum atomic E-state index is 11.7. The fraction of sp³-hybridized carbons (Fsp3) is 0.208. The van der Waals surface area contributed by atoms with Crippen molar-refractivity contribution >= 4 is 44.3 Å². The van der Waals surface area contributed by atoms with Crippen LogP contribution in [-0.2, 0) is 17.6 Å². The molecule has 162 valence electrons. The van der Waals surface area contributed by atoms with Gasteiger partial charge >= 0.3 is 0 Å². The summed E-state index contributed by atoms with van der Waals surface area (Å²) in [4.78, 5) is 28.7. The summed E-state index contributed by atoms with van der Waals surface area (Å²) in [5.74, 6) is 1.98. The normalized spacial score (nSPS) is 16.0. The summed E-state index contributed by atoms with van der Waals surface area (Å²) in [5, 5.41) is 2.86. The molecule has 8 heteroatoms. The standard InChI is InChI=1S/C24H20N2O4S2/c1-14-18(25-23(30-14)21-13-16-4-2-3-5-19(16)31-21)10-11-29-17-8-6-15(7-9-17)12-20-22(27)26-24(28)32-20/h2-9,13,20H,10-12H2,1H3,(H,26,27,28). The van der Waals surface area contributed by atoms with E-state index in [1.165, 1.54) is 10.1 Å². The minimum absolute atomic E-state index is 0.224. The zero-order valence-electron chi connectivity index (χ0n) is 17.3. The van der Waals surface area contributed by atoms with Crippen molar-refractivity contribution in [3.63, 3.8) is 0 Å². The number of carbonyl (C=O) groups is 2. The van der Waals surface area contributed by atoms with Gasteiger partial charge in [0.15, 0.2) is 0 Å². The Labute approximate surface area is 193 Å². The maximum Gasteiger partial charge on any atom is 0.286 e. The molecule has 2 aromatic carbocycles. The Bertz CT molecular complexity index is 1260. The van der Waals surface area contributed by atoms with E-state index in [1.807, 2.05) is 43.3 Å². The number of oxazole rings is 1. The van der Waals surface area contributed by atoms with Gasteiger partial charge in [-0.3, -0.25) is 14.9 Å². The van der Waals surface area contributed by atoms with Crippen LogP contribution in [0.4, 0.5) is 4.79 Å². The molecule has 1 atom stereocenters. The van der Waals surface area contributed by atoms with Crippen LogP contribution in [0, 0.1) is 6.92 Å². The number of imide groups is 1. The third kappa shape index (κ3) is 4.42. The van der Waals surface area contributed by atoms with Gasteiger partial charge in [0.25, 0.3) is 5.24 Å². The number of ether oxygens (including phenoxy) is 1. The Kier molecular flexibility index (Phi) is 5.71. The lowest BCUT2D eigenvalue weighted by atomic mass is 10.1. The van der Waals surface area contributed by atoms with Crippen molar-refractivity contribution in [2.75, 3.05) is 6.61 Å². The van der Waals surface area contributed by atoms with Crippen molar-refractivity contribution in [2.45, 2.75) is 25.0 Å². The zero-order chi connectivity index (χ0) is 22.1. The molecule has 5 rings (SSSR count). The minimum Gasteiger partial charge on any atom is -0.493 e. The smallest absolute Gasteiger partial charge is 0.286 e. The van der Waals surface area contributed by atoms with Crippen LogP contribution in [0.2, 0.25) is 0 Å². The quantitative estimate of drug-likeness (QED) is 0.395. The first-order valence-electron chi connectivity index (χ1n) is 10.2. The molecule has 0 radical (unpaired) electrons. The molecule has 3 heterocycles. The number of carbonyl (C=O) groups excluding carboxylic acids is 2. The third-order valence-corrected chi connectivity index (χ3v) is 7.33. The van der Waals surface area contributed by atoms with Crippen LogP contribution in [-0.4, -0.2) is 28.0 Å². The van der Waals surface area contributed by atoms with E-state index in [4.69, 9.17) is 9.15 Å². The summed E-state index contributed by atoms with van der Waals surface area (Å²) in [6, 6.07) is 18.0. The fourth-order valence-corrected chi connectivity index (χ4v) is 5.43. The molecule has 1 aliphatic rings. The number of rotatable bonds is 7. The molecular weight excluding hydrogens is 444 g/mol. The molecule has 0 bridgehead atoms. The Balaban J connectivity index is 1.18. The predicted molar refractivity (Wildman–Crippen MR) is 126 cm³/mol. The highest BCUT2D eigenvalue weighted by Gasteiger charge is 2.31. The van der Waals surface area contributed by atoms with Gasteiger partial charge in [-0.05, 0) is 48.6 Å². The molecule has 0 aliphatic carbocycles. The lowest BCUT2D eigenvalue weighted by molar-refractivity contribution is -0.118. The molecule has 2 aromatic heterocycles. The van der Waals surface area contributed by atoms with Crippen LogP contribution in [0.3, 0.4) is 0 Å². The Morgan fingerprint density at radius 1 is 1.12 bits per heavy atom. The van der Waals surface area contributed by atoms with E-state index in [-0.39, 0.29) is 16.4 Å². The van der Waals surface area contributed by atoms with E-state index in [1.54, 1.807) is 11.3 Å². The number of fused-ring (bicyclic) bond motifs is 1. The van der Waals surface area contributed by atoms with E-state index in [9.17, 15) is 9.59 Å². The number of hydrogen-bond donors (Lipinski definition) is 1. The van der Waals surface area contributed by atoms with Crippen molar-refractivity contribution in [1.82, 2.24) is 10.3 Å². The van der Waals surface area contributed by atoms with Gasteiger partial charge in [-0.2, -0.15) is 0 Å². The van der Waals surface area contributed by atoms with Gasteiger partial charge in [0.2, 0.25) is 11.8 Å². The molecule has 1 fully saturated rings. The number of hydrogen-bond acceptors (Lipinski definition) is 7. The lowest BCUT2D eigenvalue weighted by Crippen LogP contribution is -2.25. The van der Waals surface area contributed by atoms with Gasteiger partial charge in [0, 0.05) is 11.1 Å². The molecule has 1 saturated heterocycles. The highest BCUT2D eigenvalue weighted by molar-refractivity contribution is 8.15. The summed E-state index contributed by atoms with van der Waals surface area (Å²) in [5.41, 5.74) is 1.88. The molecule has 6 nitrogen and oxygen atoms in total. The molecule has 1 N–H and O–H groups in total. The van der Waals surface area contributed by atoms with E-state index in [0.29, 0.717) is 25.3 Å². The lowest BCUT2D eigenvalue weighted by Gasteiger charge is -2.08. The molecule has 1 aliphatic heterocycles. The van der Waals surface area contributed by atoms with Crippen molar-refractivity contribution in [1.29, 1.82) is 0 Å². The molecule has 0 spiro atoms. The van der Waals surface area contributed by atoms with Crippen molar-refractivity contribution in [3.05, 3.63) is 71.6 Å². The van der Waals surface area contributed by atoms with Crippen LogP contribution in [0.5, 0.6) is 5.75 Å². The second-order valence-corrected chi connectivity index (χ2v) is 9.76. The number of aryl methyl sites for hydroxylation is 1. The van der Waals surface area contributed by atoms with Crippen LogP contribution in [0.25, 0.3) is 20.9 Å². The Hall–Kier alpha value is -3.10. The Morgan fingerprint density at radius 2 is 1.94 bits per heavy atom. The first-order valence-corrected chi connectivity index (χ1v) is 11.9. The number of nitrogens with zero attached hydrogens (tertiary/aromatic N) is 1. The summed E-state index contributed by atoms with van der Waals surface area (Å²) < 4.78 is 13.0. The summed E-state index contributed by atoms with van der Waals surface area (Å²) in [6.45, 7) is 2.41. The fourth-order valence-electron chi connectivity index (χ4n) is 3.58. The predicted octanol–water partition coefficient (Wildman–Crippen LogP) is 5.38. The topological polar surface area (TPSA) is 81.4 Å². The maximum absolute atomic E-state index is 11.7. The monoisotopic (exact) mass is 464 g/mol. The number of nitrogens with one attached hydrogen (secondary N) is 1. The molecule has 32 heavy (non-hydrogen) atoms. The second-order valence-electron chi connectivity index (χ2n) is 7.50. The Morgan fingerprint density at radius 3 is 2.69 bits per heavy atom.